The second-order valence-corrected chi connectivity index (χ2v) is 5.50. The van der Waals surface area contributed by atoms with Gasteiger partial charge in [0.25, 0.3) is 0 Å². The Bertz CT molecular complexity index is 635. The second kappa shape index (κ2) is 5.53. The number of hydrogen-bond donors (Lipinski definition) is 1. The average molecular weight is 295 g/mol. The summed E-state index contributed by atoms with van der Waals surface area (Å²) >= 11 is 13.5. The van der Waals surface area contributed by atoms with Gasteiger partial charge in [0.15, 0.2) is 0 Å². The molecule has 0 aliphatic rings. The highest BCUT2D eigenvalue weighted by molar-refractivity contribution is 7.99. The predicted octanol–water partition coefficient (Wildman–Crippen LogP) is 4.60. The Balaban J connectivity index is 2.32. The van der Waals surface area contributed by atoms with Crippen LogP contribution in [0.5, 0.6) is 0 Å². The Morgan fingerprint density at radius 1 is 1.11 bits per heavy atom. The van der Waals surface area contributed by atoms with Gasteiger partial charge in [0.1, 0.15) is 6.07 Å². The first kappa shape index (κ1) is 13.1. The lowest BCUT2D eigenvalue weighted by Gasteiger charge is -2.06. The molecule has 0 unspecified atom stereocenters. The number of hydrogen-bond acceptors (Lipinski definition) is 3. The van der Waals surface area contributed by atoms with Crippen LogP contribution < -0.4 is 5.73 Å². The quantitative estimate of drug-likeness (QED) is 0.824. The van der Waals surface area contributed by atoms with E-state index >= 15 is 0 Å². The molecule has 2 N–H and O–H groups in total. The van der Waals surface area contributed by atoms with E-state index in [2.05, 4.69) is 0 Å². The molecule has 18 heavy (non-hydrogen) atoms. The molecule has 0 fully saturated rings. The summed E-state index contributed by atoms with van der Waals surface area (Å²) in [5.74, 6) is 0. The largest absolute Gasteiger partial charge is 0.398 e. The van der Waals surface area contributed by atoms with Crippen molar-refractivity contribution in [2.24, 2.45) is 0 Å². The van der Waals surface area contributed by atoms with E-state index in [4.69, 9.17) is 34.2 Å². The van der Waals surface area contributed by atoms with Crippen molar-refractivity contribution in [3.8, 4) is 6.07 Å². The summed E-state index contributed by atoms with van der Waals surface area (Å²) in [5, 5.41) is 10.1. The van der Waals surface area contributed by atoms with E-state index in [0.717, 1.165) is 9.79 Å². The Morgan fingerprint density at radius 2 is 1.89 bits per heavy atom. The molecule has 2 rings (SSSR count). The molecular formula is C13H8Cl2N2S. The van der Waals surface area contributed by atoms with Crippen molar-refractivity contribution in [3.63, 3.8) is 0 Å². The minimum Gasteiger partial charge on any atom is -0.398 e. The monoisotopic (exact) mass is 294 g/mol. The fourth-order valence-corrected chi connectivity index (χ4v) is 2.79. The van der Waals surface area contributed by atoms with Crippen molar-refractivity contribution in [2.45, 2.75) is 9.79 Å². The van der Waals surface area contributed by atoms with E-state index < -0.39 is 0 Å². The molecule has 5 heteroatoms. The number of nitrogens with two attached hydrogens (primary N) is 1. The number of halogens is 2. The van der Waals surface area contributed by atoms with E-state index in [1.165, 1.54) is 11.8 Å². The van der Waals surface area contributed by atoms with Crippen LogP contribution >= 0.6 is 35.0 Å². The number of benzene rings is 2. The normalized spacial score (nSPS) is 10.1. The maximum Gasteiger partial charge on any atom is 0.101 e. The first-order chi connectivity index (χ1) is 8.60. The highest BCUT2D eigenvalue weighted by Crippen LogP contribution is 2.36. The van der Waals surface area contributed by atoms with Crippen LogP contribution in [0.25, 0.3) is 0 Å². The van der Waals surface area contributed by atoms with Crippen LogP contribution in [-0.2, 0) is 0 Å². The summed E-state index contributed by atoms with van der Waals surface area (Å²) in [5.41, 5.74) is 6.69. The van der Waals surface area contributed by atoms with Crippen LogP contribution in [0.3, 0.4) is 0 Å². The molecule has 0 spiro atoms. The van der Waals surface area contributed by atoms with Gasteiger partial charge in [0.2, 0.25) is 0 Å². The summed E-state index contributed by atoms with van der Waals surface area (Å²) in [6.45, 7) is 0. The van der Waals surface area contributed by atoms with Crippen LogP contribution in [0.4, 0.5) is 5.69 Å². The van der Waals surface area contributed by atoms with Crippen LogP contribution in [0.1, 0.15) is 5.56 Å². The number of nitriles is 1. The molecule has 0 atom stereocenters. The van der Waals surface area contributed by atoms with Crippen molar-refractivity contribution in [3.05, 3.63) is 52.0 Å². The molecular weight excluding hydrogens is 287 g/mol. The summed E-state index contributed by atoms with van der Waals surface area (Å²) < 4.78 is 0. The number of rotatable bonds is 2. The number of anilines is 1. The molecule has 2 nitrogen and oxygen atoms in total. The molecule has 0 saturated carbocycles. The van der Waals surface area contributed by atoms with Crippen molar-refractivity contribution in [1.29, 1.82) is 5.26 Å². The SMILES string of the molecule is N#Cc1ccc(Sc2cc(Cl)ccc2Cl)cc1N. The molecule has 0 heterocycles. The van der Waals surface area contributed by atoms with Crippen molar-refractivity contribution >= 4 is 40.7 Å². The van der Waals surface area contributed by atoms with Gasteiger partial charge in [-0.1, -0.05) is 35.0 Å². The highest BCUT2D eigenvalue weighted by atomic mass is 35.5. The van der Waals surface area contributed by atoms with E-state index in [0.29, 0.717) is 21.3 Å². The molecule has 2 aromatic rings. The van der Waals surface area contributed by atoms with Crippen LogP contribution in [0.2, 0.25) is 10.0 Å². The topological polar surface area (TPSA) is 49.8 Å². The first-order valence-corrected chi connectivity index (χ1v) is 6.60. The van der Waals surface area contributed by atoms with Gasteiger partial charge in [-0.2, -0.15) is 5.26 Å². The van der Waals surface area contributed by atoms with Gasteiger partial charge in [-0.05, 0) is 36.4 Å². The Kier molecular flexibility index (Phi) is 4.03. The van der Waals surface area contributed by atoms with E-state index in [-0.39, 0.29) is 0 Å². The fourth-order valence-electron chi connectivity index (χ4n) is 1.39. The summed E-state index contributed by atoms with van der Waals surface area (Å²) in [4.78, 5) is 1.77. The molecule has 0 radical (unpaired) electrons. The van der Waals surface area contributed by atoms with Gasteiger partial charge in [-0.15, -0.1) is 0 Å². The molecule has 90 valence electrons. The zero-order valence-electron chi connectivity index (χ0n) is 9.15. The summed E-state index contributed by atoms with van der Waals surface area (Å²) in [6, 6.07) is 12.6. The minimum atomic E-state index is 0.459. The van der Waals surface area contributed by atoms with E-state index in [9.17, 15) is 0 Å². The van der Waals surface area contributed by atoms with Crippen LogP contribution in [-0.4, -0.2) is 0 Å². The molecule has 0 aliphatic heterocycles. The molecule has 0 aromatic heterocycles. The lowest BCUT2D eigenvalue weighted by Crippen LogP contribution is -1.90. The van der Waals surface area contributed by atoms with Crippen molar-refractivity contribution in [1.82, 2.24) is 0 Å². The van der Waals surface area contributed by atoms with E-state index in [1.54, 1.807) is 30.3 Å². The third-order valence-corrected chi connectivity index (χ3v) is 3.99. The van der Waals surface area contributed by atoms with Gasteiger partial charge in [-0.3, -0.25) is 0 Å². The maximum atomic E-state index is 8.80. The standard InChI is InChI=1S/C13H8Cl2N2S/c14-9-2-4-11(15)13(5-9)18-10-3-1-8(7-16)12(17)6-10/h1-6H,17H2. The van der Waals surface area contributed by atoms with Crippen molar-refractivity contribution < 1.29 is 0 Å². The van der Waals surface area contributed by atoms with E-state index in [1.807, 2.05) is 12.1 Å². The van der Waals surface area contributed by atoms with Gasteiger partial charge >= 0.3 is 0 Å². The Labute approximate surface area is 119 Å². The molecule has 0 bridgehead atoms. The summed E-state index contributed by atoms with van der Waals surface area (Å²) in [7, 11) is 0. The Hall–Kier alpha value is -1.34. The van der Waals surface area contributed by atoms with Gasteiger partial charge in [-0.25, -0.2) is 0 Å². The lowest BCUT2D eigenvalue weighted by molar-refractivity contribution is 1.39. The highest BCUT2D eigenvalue weighted by Gasteiger charge is 2.06. The van der Waals surface area contributed by atoms with Crippen LogP contribution in [0.15, 0.2) is 46.2 Å². The van der Waals surface area contributed by atoms with Gasteiger partial charge < -0.3 is 5.73 Å². The third kappa shape index (κ3) is 2.91. The summed E-state index contributed by atoms with van der Waals surface area (Å²) in [6.07, 6.45) is 0. The molecule has 2 aromatic carbocycles. The van der Waals surface area contributed by atoms with Gasteiger partial charge in [0, 0.05) is 14.8 Å². The van der Waals surface area contributed by atoms with Gasteiger partial charge in [0.05, 0.1) is 16.3 Å². The maximum absolute atomic E-state index is 8.80. The predicted molar refractivity (Wildman–Crippen MR) is 76.2 cm³/mol. The second-order valence-electron chi connectivity index (χ2n) is 3.54. The number of nitrogens with zero attached hydrogens (tertiary/aromatic N) is 1. The zero-order valence-corrected chi connectivity index (χ0v) is 11.5. The fraction of sp³-hybridized carbons (Fsp3) is 0. The first-order valence-electron chi connectivity index (χ1n) is 5.02. The third-order valence-electron chi connectivity index (χ3n) is 2.26. The smallest absolute Gasteiger partial charge is 0.101 e. The Morgan fingerprint density at radius 3 is 2.56 bits per heavy atom. The number of nitrogen functional groups attached to an aromatic ring is 1. The molecule has 0 saturated heterocycles. The lowest BCUT2D eigenvalue weighted by atomic mass is 10.2. The molecule has 0 aliphatic carbocycles. The van der Waals surface area contributed by atoms with Crippen LogP contribution in [0, 0.1) is 11.3 Å². The minimum absolute atomic E-state index is 0.459. The zero-order chi connectivity index (χ0) is 13.1. The molecule has 0 amide bonds. The average Bonchev–Trinajstić information content (AvgIpc) is 2.34. The van der Waals surface area contributed by atoms with Crippen molar-refractivity contribution in [2.75, 3.05) is 5.73 Å².